The van der Waals surface area contributed by atoms with Gasteiger partial charge in [0.05, 0.1) is 12.2 Å². The fourth-order valence-corrected chi connectivity index (χ4v) is 3.42. The van der Waals surface area contributed by atoms with Crippen LogP contribution < -0.4 is 0 Å². The van der Waals surface area contributed by atoms with Gasteiger partial charge in [0, 0.05) is 37.5 Å². The van der Waals surface area contributed by atoms with Gasteiger partial charge in [0.25, 0.3) is 0 Å². The lowest BCUT2D eigenvalue weighted by atomic mass is 9.90. The third-order valence-electron chi connectivity index (χ3n) is 4.50. The quantitative estimate of drug-likeness (QED) is 0.743. The van der Waals surface area contributed by atoms with Crippen LogP contribution in [0.3, 0.4) is 0 Å². The Balaban J connectivity index is 1.89. The van der Waals surface area contributed by atoms with Crippen molar-refractivity contribution in [2.75, 3.05) is 26.2 Å². The van der Waals surface area contributed by atoms with Crippen LogP contribution in [0.1, 0.15) is 47.5 Å². The van der Waals surface area contributed by atoms with Gasteiger partial charge in [0.15, 0.2) is 0 Å². The molecule has 22 heavy (non-hydrogen) atoms. The molecular weight excluding hydrogens is 280 g/mol. The Hall–Kier alpha value is -1.10. The normalized spacial score (nSPS) is 27.9. The standard InChI is InChI=1S/C17H30N2O3/c1-12-10-19(11-13(2)22-12)15(20)14-6-8-18(9-7-14)16(21)17(3,4)5/h12-14H,6-11H2,1-5H3. The summed E-state index contributed by atoms with van der Waals surface area (Å²) in [6.07, 6.45) is 1.77. The monoisotopic (exact) mass is 310 g/mol. The number of carbonyl (C=O) groups is 2. The number of rotatable bonds is 1. The Morgan fingerprint density at radius 1 is 0.955 bits per heavy atom. The number of hydrogen-bond acceptors (Lipinski definition) is 3. The van der Waals surface area contributed by atoms with E-state index in [1.165, 1.54) is 0 Å². The maximum Gasteiger partial charge on any atom is 0.227 e. The lowest BCUT2D eigenvalue weighted by Crippen LogP contribution is -2.52. The van der Waals surface area contributed by atoms with Gasteiger partial charge in [-0.25, -0.2) is 0 Å². The minimum Gasteiger partial charge on any atom is -0.372 e. The number of piperidine rings is 1. The Labute approximate surface area is 134 Å². The minimum atomic E-state index is -0.341. The van der Waals surface area contributed by atoms with Gasteiger partial charge < -0.3 is 14.5 Å². The molecule has 0 aliphatic carbocycles. The molecular formula is C17H30N2O3. The molecule has 2 atom stereocenters. The van der Waals surface area contributed by atoms with E-state index in [4.69, 9.17) is 4.74 Å². The second-order valence-corrected chi connectivity index (χ2v) is 7.82. The molecule has 2 aliphatic heterocycles. The van der Waals surface area contributed by atoms with Crippen molar-refractivity contribution in [2.24, 2.45) is 11.3 Å². The van der Waals surface area contributed by atoms with Crippen LogP contribution in [0, 0.1) is 11.3 Å². The van der Waals surface area contributed by atoms with Crippen LogP contribution in [0.2, 0.25) is 0 Å². The first-order valence-corrected chi connectivity index (χ1v) is 8.42. The number of hydrogen-bond donors (Lipinski definition) is 0. The van der Waals surface area contributed by atoms with Gasteiger partial charge >= 0.3 is 0 Å². The van der Waals surface area contributed by atoms with E-state index in [2.05, 4.69) is 0 Å². The second-order valence-electron chi connectivity index (χ2n) is 7.82. The summed E-state index contributed by atoms with van der Waals surface area (Å²) in [5.41, 5.74) is -0.341. The van der Waals surface area contributed by atoms with Gasteiger partial charge in [-0.3, -0.25) is 9.59 Å². The van der Waals surface area contributed by atoms with E-state index in [1.807, 2.05) is 44.4 Å². The van der Waals surface area contributed by atoms with Crippen molar-refractivity contribution in [3.05, 3.63) is 0 Å². The van der Waals surface area contributed by atoms with Gasteiger partial charge in [-0.15, -0.1) is 0 Å². The first-order valence-electron chi connectivity index (χ1n) is 8.42. The van der Waals surface area contributed by atoms with Crippen molar-refractivity contribution in [3.8, 4) is 0 Å². The predicted octanol–water partition coefficient (Wildman–Crippen LogP) is 1.91. The third kappa shape index (κ3) is 4.00. The molecule has 126 valence electrons. The molecule has 0 N–H and O–H groups in total. The molecule has 2 fully saturated rings. The van der Waals surface area contributed by atoms with Crippen LogP contribution >= 0.6 is 0 Å². The summed E-state index contributed by atoms with van der Waals surface area (Å²) in [7, 11) is 0. The van der Waals surface area contributed by atoms with Crippen LogP contribution in [0.4, 0.5) is 0 Å². The molecule has 2 heterocycles. The molecule has 0 bridgehead atoms. The molecule has 5 nitrogen and oxygen atoms in total. The number of nitrogens with zero attached hydrogens (tertiary/aromatic N) is 2. The summed E-state index contributed by atoms with van der Waals surface area (Å²) in [4.78, 5) is 28.8. The largest absolute Gasteiger partial charge is 0.372 e. The van der Waals surface area contributed by atoms with Crippen molar-refractivity contribution < 1.29 is 14.3 Å². The summed E-state index contributed by atoms with van der Waals surface area (Å²) in [6, 6.07) is 0. The topological polar surface area (TPSA) is 49.9 Å². The van der Waals surface area contributed by atoms with Gasteiger partial charge in [-0.2, -0.15) is 0 Å². The summed E-state index contributed by atoms with van der Waals surface area (Å²) in [5, 5.41) is 0. The predicted molar refractivity (Wildman–Crippen MR) is 85.3 cm³/mol. The van der Waals surface area contributed by atoms with Crippen molar-refractivity contribution in [1.82, 2.24) is 9.80 Å². The Morgan fingerprint density at radius 3 is 1.91 bits per heavy atom. The van der Waals surface area contributed by atoms with E-state index in [0.29, 0.717) is 26.2 Å². The van der Waals surface area contributed by atoms with Crippen molar-refractivity contribution in [2.45, 2.75) is 59.7 Å². The summed E-state index contributed by atoms with van der Waals surface area (Å²) in [6.45, 7) is 12.6. The minimum absolute atomic E-state index is 0.0570. The number of likely N-dealkylation sites (tertiary alicyclic amines) is 1. The van der Waals surface area contributed by atoms with E-state index >= 15 is 0 Å². The van der Waals surface area contributed by atoms with E-state index in [9.17, 15) is 9.59 Å². The Bertz CT molecular complexity index is 412. The number of carbonyl (C=O) groups excluding carboxylic acids is 2. The molecule has 5 heteroatoms. The lowest BCUT2D eigenvalue weighted by molar-refractivity contribution is -0.151. The van der Waals surface area contributed by atoms with Gasteiger partial charge in [-0.1, -0.05) is 20.8 Å². The van der Waals surface area contributed by atoms with Crippen molar-refractivity contribution >= 4 is 11.8 Å². The highest BCUT2D eigenvalue weighted by Gasteiger charge is 2.35. The molecule has 0 aromatic carbocycles. The average molecular weight is 310 g/mol. The summed E-state index contributed by atoms with van der Waals surface area (Å²) in [5.74, 6) is 0.485. The highest BCUT2D eigenvalue weighted by molar-refractivity contribution is 5.82. The summed E-state index contributed by atoms with van der Waals surface area (Å²) < 4.78 is 5.69. The fraction of sp³-hybridized carbons (Fsp3) is 0.882. The maximum atomic E-state index is 12.7. The zero-order valence-electron chi connectivity index (χ0n) is 14.6. The van der Waals surface area contributed by atoms with Crippen LogP contribution in [-0.2, 0) is 14.3 Å². The molecule has 2 unspecified atom stereocenters. The molecule has 2 rings (SSSR count). The molecule has 2 amide bonds. The highest BCUT2D eigenvalue weighted by Crippen LogP contribution is 2.25. The maximum absolute atomic E-state index is 12.7. The average Bonchev–Trinajstić information content (AvgIpc) is 2.44. The van der Waals surface area contributed by atoms with Crippen LogP contribution in [-0.4, -0.2) is 60.0 Å². The molecule has 0 aromatic heterocycles. The summed E-state index contributed by atoms with van der Waals surface area (Å²) >= 11 is 0. The van der Waals surface area contributed by atoms with Gasteiger partial charge in [0.1, 0.15) is 0 Å². The van der Waals surface area contributed by atoms with Crippen molar-refractivity contribution in [3.63, 3.8) is 0 Å². The van der Waals surface area contributed by atoms with E-state index in [1.54, 1.807) is 0 Å². The number of amides is 2. The van der Waals surface area contributed by atoms with E-state index < -0.39 is 0 Å². The molecule has 2 aliphatic rings. The Kier molecular flexibility index (Phi) is 5.15. The van der Waals surface area contributed by atoms with Crippen LogP contribution in [0.5, 0.6) is 0 Å². The second kappa shape index (κ2) is 6.57. The van der Waals surface area contributed by atoms with Crippen LogP contribution in [0.25, 0.3) is 0 Å². The zero-order valence-corrected chi connectivity index (χ0v) is 14.6. The highest BCUT2D eigenvalue weighted by atomic mass is 16.5. The third-order valence-corrected chi connectivity index (χ3v) is 4.50. The molecule has 0 saturated carbocycles. The number of ether oxygens (including phenoxy) is 1. The van der Waals surface area contributed by atoms with Crippen molar-refractivity contribution in [1.29, 1.82) is 0 Å². The fourth-order valence-electron chi connectivity index (χ4n) is 3.42. The smallest absolute Gasteiger partial charge is 0.227 e. The lowest BCUT2D eigenvalue weighted by Gasteiger charge is -2.40. The molecule has 0 radical (unpaired) electrons. The molecule has 0 spiro atoms. The Morgan fingerprint density at radius 2 is 1.45 bits per heavy atom. The van der Waals surface area contributed by atoms with Crippen LogP contribution in [0.15, 0.2) is 0 Å². The molecule has 2 saturated heterocycles. The van der Waals surface area contributed by atoms with Gasteiger partial charge in [-0.05, 0) is 26.7 Å². The first-order chi connectivity index (χ1) is 10.2. The first kappa shape index (κ1) is 17.3. The van der Waals surface area contributed by atoms with Gasteiger partial charge in [0.2, 0.25) is 11.8 Å². The zero-order chi connectivity index (χ0) is 16.5. The van der Waals surface area contributed by atoms with E-state index in [-0.39, 0.29) is 35.4 Å². The number of morpholine rings is 1. The SMILES string of the molecule is CC1CN(C(=O)C2CCN(C(=O)C(C)(C)C)CC2)CC(C)O1. The van der Waals surface area contributed by atoms with E-state index in [0.717, 1.165) is 12.8 Å². The molecule has 0 aromatic rings.